The van der Waals surface area contributed by atoms with Crippen molar-refractivity contribution in [3.05, 3.63) is 0 Å². The quantitative estimate of drug-likeness (QED) is 0.0362. The zero-order valence-electron chi connectivity index (χ0n) is 47.9. The molecule has 0 aromatic rings. The minimum atomic E-state index is -0.0328. The van der Waals surface area contributed by atoms with Gasteiger partial charge in [0.05, 0.1) is 26.4 Å². The monoisotopic (exact) mass is 1010 g/mol. The van der Waals surface area contributed by atoms with Crippen LogP contribution in [0.5, 0.6) is 0 Å². The highest BCUT2D eigenvalue weighted by Gasteiger charge is 2.11. The number of rotatable bonds is 60. The van der Waals surface area contributed by atoms with Crippen molar-refractivity contribution in [1.29, 1.82) is 0 Å². The van der Waals surface area contributed by atoms with Gasteiger partial charge in [-0.25, -0.2) is 0 Å². The van der Waals surface area contributed by atoms with Crippen molar-refractivity contribution < 1.29 is 33.7 Å². The van der Waals surface area contributed by atoms with E-state index in [0.717, 1.165) is 142 Å². The van der Waals surface area contributed by atoms with E-state index >= 15 is 0 Å². The Bertz CT molecular complexity index is 1040. The average molecular weight is 1010 g/mol. The molecule has 0 unspecified atom stereocenters. The summed E-state index contributed by atoms with van der Waals surface area (Å²) in [6.45, 7) is 14.8. The van der Waals surface area contributed by atoms with E-state index in [1.807, 2.05) is 0 Å². The van der Waals surface area contributed by atoms with Gasteiger partial charge in [0.25, 0.3) is 0 Å². The molecule has 0 aliphatic carbocycles. The van der Waals surface area contributed by atoms with Gasteiger partial charge in [-0.2, -0.15) is 0 Å². The number of hydrogen-bond donors (Lipinski definition) is 1. The maximum atomic E-state index is 12.3. The Morgan fingerprint density at radius 1 is 0.268 bits per heavy atom. The van der Waals surface area contributed by atoms with Crippen LogP contribution in [0.4, 0.5) is 0 Å². The third-order valence-corrected chi connectivity index (χ3v) is 14.5. The maximum Gasteiger partial charge on any atom is 0.305 e. The Morgan fingerprint density at radius 3 is 0.746 bits per heavy atom. The lowest BCUT2D eigenvalue weighted by molar-refractivity contribution is -0.144. The molecule has 0 saturated heterocycles. The summed E-state index contributed by atoms with van der Waals surface area (Å²) in [6, 6.07) is 0. The molecule has 422 valence electrons. The highest BCUT2D eigenvalue weighted by Crippen LogP contribution is 2.15. The second-order valence-corrected chi connectivity index (χ2v) is 21.5. The zero-order chi connectivity index (χ0) is 51.6. The van der Waals surface area contributed by atoms with Crippen molar-refractivity contribution in [2.75, 3.05) is 65.7 Å². The molecule has 0 atom stereocenters. The zero-order valence-corrected chi connectivity index (χ0v) is 47.9. The number of esters is 3. The van der Waals surface area contributed by atoms with Gasteiger partial charge in [0.2, 0.25) is 0 Å². The van der Waals surface area contributed by atoms with Crippen LogP contribution in [0.25, 0.3) is 0 Å². The predicted molar refractivity (Wildman–Crippen MR) is 302 cm³/mol. The van der Waals surface area contributed by atoms with Crippen LogP contribution in [0.3, 0.4) is 0 Å². The highest BCUT2D eigenvalue weighted by atomic mass is 16.5. The minimum Gasteiger partial charge on any atom is -0.466 e. The van der Waals surface area contributed by atoms with Crippen molar-refractivity contribution in [3.63, 3.8) is 0 Å². The molecule has 0 amide bonds. The van der Waals surface area contributed by atoms with Crippen LogP contribution in [0.2, 0.25) is 0 Å². The first-order valence-corrected chi connectivity index (χ1v) is 31.5. The Labute approximate surface area is 441 Å². The number of carbonyl (C=O) groups is 3. The fourth-order valence-corrected chi connectivity index (χ4v) is 9.75. The Morgan fingerprint density at radius 2 is 0.479 bits per heavy atom. The van der Waals surface area contributed by atoms with E-state index in [-0.39, 0.29) is 24.5 Å². The van der Waals surface area contributed by atoms with Crippen LogP contribution < -0.4 is 0 Å². The van der Waals surface area contributed by atoms with Crippen LogP contribution in [-0.2, 0) is 28.6 Å². The normalized spacial score (nSPS) is 11.6. The molecular weight excluding hydrogens is 885 g/mol. The number of carbonyl (C=O) groups excluding carboxylic acids is 3. The van der Waals surface area contributed by atoms with Crippen molar-refractivity contribution in [1.82, 2.24) is 9.80 Å². The lowest BCUT2D eigenvalue weighted by Crippen LogP contribution is -2.33. The largest absolute Gasteiger partial charge is 0.466 e. The topological polar surface area (TPSA) is 106 Å². The van der Waals surface area contributed by atoms with Gasteiger partial charge in [0.15, 0.2) is 0 Å². The molecule has 0 aliphatic rings. The molecule has 0 radical (unpaired) electrons. The van der Waals surface area contributed by atoms with Gasteiger partial charge in [0, 0.05) is 25.8 Å². The fourth-order valence-electron chi connectivity index (χ4n) is 9.75. The summed E-state index contributed by atoms with van der Waals surface area (Å²) in [4.78, 5) is 41.9. The first-order chi connectivity index (χ1) is 35.0. The summed E-state index contributed by atoms with van der Waals surface area (Å²) in [6.07, 6.45) is 53.6. The number of hydrogen-bond acceptors (Lipinski definition) is 9. The highest BCUT2D eigenvalue weighted by molar-refractivity contribution is 5.69. The SMILES string of the molecule is CCCCCCCCCCCOC(=O)CCCCCCCN(CCO)CCCN(CCCCCCCC(=O)OCCCCCCCCCCC)CCCCCCCC(=O)OCCCCCCCCCCC. The molecule has 0 aromatic carbocycles. The molecule has 0 aromatic heterocycles. The molecule has 0 spiro atoms. The van der Waals surface area contributed by atoms with Crippen LogP contribution in [-0.4, -0.2) is 98.5 Å². The minimum absolute atomic E-state index is 0.0243. The molecular formula is C62H122N2O7. The van der Waals surface area contributed by atoms with Crippen LogP contribution in [0, 0.1) is 0 Å². The third kappa shape index (κ3) is 55.9. The Hall–Kier alpha value is -1.71. The second kappa shape index (κ2) is 59.2. The van der Waals surface area contributed by atoms with E-state index in [1.165, 1.54) is 173 Å². The predicted octanol–water partition coefficient (Wildman–Crippen LogP) is 17.2. The van der Waals surface area contributed by atoms with Gasteiger partial charge in [-0.15, -0.1) is 0 Å². The maximum absolute atomic E-state index is 12.3. The van der Waals surface area contributed by atoms with Crippen molar-refractivity contribution in [2.45, 2.75) is 316 Å². The molecule has 71 heavy (non-hydrogen) atoms. The molecule has 0 aliphatic heterocycles. The van der Waals surface area contributed by atoms with Crippen LogP contribution >= 0.6 is 0 Å². The molecule has 9 heteroatoms. The molecule has 0 rings (SSSR count). The van der Waals surface area contributed by atoms with Crippen LogP contribution in [0.15, 0.2) is 0 Å². The number of unbranched alkanes of at least 4 members (excludes halogenated alkanes) is 36. The molecule has 0 heterocycles. The van der Waals surface area contributed by atoms with Gasteiger partial charge >= 0.3 is 17.9 Å². The summed E-state index contributed by atoms with van der Waals surface area (Å²) < 4.78 is 16.5. The summed E-state index contributed by atoms with van der Waals surface area (Å²) >= 11 is 0. The summed E-state index contributed by atoms with van der Waals surface area (Å²) in [7, 11) is 0. The third-order valence-electron chi connectivity index (χ3n) is 14.5. The van der Waals surface area contributed by atoms with E-state index in [9.17, 15) is 19.5 Å². The number of nitrogens with zero attached hydrogens (tertiary/aromatic N) is 2. The summed E-state index contributed by atoms with van der Waals surface area (Å²) in [5.74, 6) is -0.0814. The van der Waals surface area contributed by atoms with E-state index in [0.29, 0.717) is 39.1 Å². The average Bonchev–Trinajstić information content (AvgIpc) is 3.36. The van der Waals surface area contributed by atoms with Gasteiger partial charge in [-0.1, -0.05) is 233 Å². The molecule has 0 saturated carbocycles. The molecule has 9 nitrogen and oxygen atoms in total. The van der Waals surface area contributed by atoms with Crippen molar-refractivity contribution in [3.8, 4) is 0 Å². The number of ether oxygens (including phenoxy) is 3. The van der Waals surface area contributed by atoms with Crippen molar-refractivity contribution in [2.24, 2.45) is 0 Å². The fraction of sp³-hybridized carbons (Fsp3) is 0.952. The summed E-state index contributed by atoms with van der Waals surface area (Å²) in [5.41, 5.74) is 0. The van der Waals surface area contributed by atoms with Gasteiger partial charge in [-0.3, -0.25) is 14.4 Å². The lowest BCUT2D eigenvalue weighted by Gasteiger charge is -2.26. The van der Waals surface area contributed by atoms with Crippen molar-refractivity contribution >= 4 is 17.9 Å². The van der Waals surface area contributed by atoms with Crippen LogP contribution in [0.1, 0.15) is 316 Å². The number of aliphatic hydroxyl groups excluding tert-OH is 1. The molecule has 1 N–H and O–H groups in total. The molecule has 0 bridgehead atoms. The van der Waals surface area contributed by atoms with E-state index in [2.05, 4.69) is 30.6 Å². The standard InChI is InChI=1S/C62H122N2O7/c1-4-7-10-13-16-19-22-34-43-57-69-60(66)47-37-28-25-31-40-50-63(51-41-32-26-29-38-48-61(67)70-58-44-35-23-20-17-14-11-8-5-2)53-46-54-64(55-56-65)52-42-33-27-30-39-49-62(68)71-59-45-36-24-21-18-15-12-9-6-3/h65H,4-59H2,1-3H3. The van der Waals surface area contributed by atoms with E-state index < -0.39 is 0 Å². The van der Waals surface area contributed by atoms with Gasteiger partial charge in [0.1, 0.15) is 0 Å². The summed E-state index contributed by atoms with van der Waals surface area (Å²) in [5, 5.41) is 9.85. The van der Waals surface area contributed by atoms with E-state index in [4.69, 9.17) is 14.2 Å². The second-order valence-electron chi connectivity index (χ2n) is 21.5. The van der Waals surface area contributed by atoms with Gasteiger partial charge < -0.3 is 29.1 Å². The first-order valence-electron chi connectivity index (χ1n) is 31.5. The Kier molecular flexibility index (Phi) is 57.7. The first kappa shape index (κ1) is 69.3. The lowest BCUT2D eigenvalue weighted by atomic mass is 10.1. The Balaban J connectivity index is 4.43. The molecule has 0 fully saturated rings. The van der Waals surface area contributed by atoms with Gasteiger partial charge in [-0.05, 0) is 96.9 Å². The number of aliphatic hydroxyl groups is 1. The smallest absolute Gasteiger partial charge is 0.305 e. The van der Waals surface area contributed by atoms with E-state index in [1.54, 1.807) is 0 Å².